The largest absolute Gasteiger partial charge is 0.264 e. The Hall–Kier alpha value is -7.29. The zero-order chi connectivity index (χ0) is 48.5. The van der Waals surface area contributed by atoms with Crippen molar-refractivity contribution in [1.82, 2.24) is 19.9 Å². The van der Waals surface area contributed by atoms with Crippen molar-refractivity contribution in [3.63, 3.8) is 0 Å². The second-order valence-electron chi connectivity index (χ2n) is 12.1. The maximum Gasteiger partial charge on any atom is 0.175 e. The molecule has 0 aliphatic heterocycles. The number of hydrogen-bond acceptors (Lipinski definition) is 7. The average Bonchev–Trinajstić information content (AvgIpc) is 3.39. The van der Waals surface area contributed by atoms with Gasteiger partial charge in [0.2, 0.25) is 0 Å². The van der Waals surface area contributed by atoms with E-state index in [-0.39, 0.29) is 5.82 Å². The number of rotatable bonds is 5. The summed E-state index contributed by atoms with van der Waals surface area (Å²) in [7, 11) is -3.12. The van der Waals surface area contributed by atoms with E-state index in [9.17, 15) is 21.6 Å². The van der Waals surface area contributed by atoms with Crippen LogP contribution in [0.1, 0.15) is 61.0 Å². The van der Waals surface area contributed by atoms with Gasteiger partial charge in [0.25, 0.3) is 0 Å². The molecule has 4 aromatic heterocycles. The number of halogens is 3. The zero-order valence-corrected chi connectivity index (χ0v) is 39.3. The minimum atomic E-state index is -3.12. The highest BCUT2D eigenvalue weighted by Gasteiger charge is 2.07. The van der Waals surface area contributed by atoms with Crippen LogP contribution >= 0.6 is 0 Å². The van der Waals surface area contributed by atoms with Gasteiger partial charge >= 0.3 is 0 Å². The lowest BCUT2D eigenvalue weighted by molar-refractivity contribution is 0.509. The first-order chi connectivity index (χ1) is 31.6. The van der Waals surface area contributed by atoms with Crippen LogP contribution in [0.3, 0.4) is 0 Å². The molecule has 8 rings (SSSR count). The normalized spacial score (nSPS) is 9.34. The van der Waals surface area contributed by atoms with Gasteiger partial charge in [-0.25, -0.2) is 21.6 Å². The molecule has 4 heterocycles. The van der Waals surface area contributed by atoms with Gasteiger partial charge in [-0.3, -0.25) is 19.9 Å². The van der Waals surface area contributed by atoms with Crippen LogP contribution in [0.25, 0.3) is 44.5 Å². The van der Waals surface area contributed by atoms with E-state index in [0.29, 0.717) is 16.0 Å². The highest BCUT2D eigenvalue weighted by atomic mass is 32.2. The molecule has 0 saturated carbocycles. The summed E-state index contributed by atoms with van der Waals surface area (Å²) in [5, 5.41) is 8.64. The minimum Gasteiger partial charge on any atom is -0.264 e. The lowest BCUT2D eigenvalue weighted by Crippen LogP contribution is -1.96. The van der Waals surface area contributed by atoms with Gasteiger partial charge in [0.1, 0.15) is 5.82 Å². The van der Waals surface area contributed by atoms with Crippen LogP contribution in [0.4, 0.5) is 13.2 Å². The fourth-order valence-corrected chi connectivity index (χ4v) is 5.71. The van der Waals surface area contributed by atoms with E-state index in [1.807, 2.05) is 116 Å². The molecule has 0 N–H and O–H groups in total. The predicted molar refractivity (Wildman–Crippen MR) is 262 cm³/mol. The number of nitrogens with zero attached hydrogens (tertiary/aromatic N) is 5. The molecule has 0 amide bonds. The number of benzene rings is 4. The van der Waals surface area contributed by atoms with Crippen molar-refractivity contribution in [1.29, 1.82) is 5.26 Å². The van der Waals surface area contributed by atoms with Crippen molar-refractivity contribution >= 4 is 9.84 Å². The first-order valence-electron chi connectivity index (χ1n) is 21.2. The van der Waals surface area contributed by atoms with Crippen molar-refractivity contribution in [2.75, 3.05) is 6.26 Å². The van der Waals surface area contributed by atoms with Gasteiger partial charge in [-0.1, -0.05) is 122 Å². The Morgan fingerprint density at radius 3 is 1.05 bits per heavy atom. The molecule has 0 saturated heterocycles. The highest BCUT2D eigenvalue weighted by Crippen LogP contribution is 2.22. The fourth-order valence-electron chi connectivity index (χ4n) is 5.08. The van der Waals surface area contributed by atoms with E-state index < -0.39 is 21.5 Å². The molecule has 4 aromatic carbocycles. The van der Waals surface area contributed by atoms with Crippen molar-refractivity contribution < 1.29 is 21.6 Å². The van der Waals surface area contributed by atoms with E-state index >= 15 is 0 Å². The van der Waals surface area contributed by atoms with Gasteiger partial charge in [-0.05, 0) is 112 Å². The Kier molecular flexibility index (Phi) is 27.8. The fraction of sp³-hybridized carbons (Fsp3) is 0.167. The summed E-state index contributed by atoms with van der Waals surface area (Å²) < 4.78 is 60.6. The van der Waals surface area contributed by atoms with Gasteiger partial charge in [0.15, 0.2) is 21.5 Å². The Balaban J connectivity index is 0.000000412. The first-order valence-corrected chi connectivity index (χ1v) is 23.1. The summed E-state index contributed by atoms with van der Waals surface area (Å²) in [5.74, 6) is -1.89. The molecule has 0 radical (unpaired) electrons. The van der Waals surface area contributed by atoms with Crippen LogP contribution in [0.2, 0.25) is 0 Å². The molecular formula is C54H58F3N5O2S. The average molecular weight is 898 g/mol. The number of sulfone groups is 1. The third-order valence-electron chi connectivity index (χ3n) is 8.04. The summed E-state index contributed by atoms with van der Waals surface area (Å²) >= 11 is 0. The van der Waals surface area contributed by atoms with Gasteiger partial charge in [-0.2, -0.15) is 5.26 Å². The van der Waals surface area contributed by atoms with Crippen LogP contribution in [0.15, 0.2) is 194 Å². The van der Waals surface area contributed by atoms with Crippen molar-refractivity contribution in [2.24, 2.45) is 0 Å². The standard InChI is InChI=1S/C12H8N2.C12H11NO2S.C11H7F2N.C11H8FN.4C2H6/c13-8-10-3-5-11(6-4-10)12-2-1-7-14-9-12;1-16(14,15)12-6-4-10(5-7-12)11-3-2-8-13-9-11;12-10-4-3-8(6-11(10)13)9-2-1-5-14-7-9;12-11-5-3-9(4-6-11)10-2-1-7-13-8-10;4*1-2/h1-7,9H;2-9H,1H3;1-7H;1-8H;4*1-2H3. The summed E-state index contributed by atoms with van der Waals surface area (Å²) in [6.07, 6.45) is 14.9. The minimum absolute atomic E-state index is 0.215. The van der Waals surface area contributed by atoms with E-state index in [1.165, 1.54) is 24.5 Å². The molecule has 65 heavy (non-hydrogen) atoms. The maximum absolute atomic E-state index is 12.9. The molecule has 338 valence electrons. The van der Waals surface area contributed by atoms with Crippen LogP contribution in [0, 0.1) is 28.8 Å². The molecule has 0 unspecified atom stereocenters. The summed E-state index contributed by atoms with van der Waals surface area (Å²) in [6.45, 7) is 16.0. The molecule has 7 nitrogen and oxygen atoms in total. The monoisotopic (exact) mass is 897 g/mol. The SMILES string of the molecule is CC.CC.CC.CC.CS(=O)(=O)c1ccc(-c2cccnc2)cc1.Fc1ccc(-c2cccnc2)cc1.Fc1ccc(-c2cccnc2)cc1F.N#Cc1ccc(-c2cccnc2)cc1. The molecule has 0 spiro atoms. The van der Waals surface area contributed by atoms with E-state index in [2.05, 4.69) is 26.0 Å². The van der Waals surface area contributed by atoms with Crippen molar-refractivity contribution in [3.8, 4) is 50.6 Å². The topological polar surface area (TPSA) is 109 Å². The molecule has 0 atom stereocenters. The molecule has 0 bridgehead atoms. The first kappa shape index (κ1) is 55.7. The smallest absolute Gasteiger partial charge is 0.175 e. The molecule has 11 heteroatoms. The Morgan fingerprint density at radius 2 is 0.738 bits per heavy atom. The van der Waals surface area contributed by atoms with Crippen molar-refractivity contribution in [2.45, 2.75) is 60.3 Å². The number of nitriles is 1. The molecular weight excluding hydrogens is 840 g/mol. The third-order valence-corrected chi connectivity index (χ3v) is 9.17. The maximum atomic E-state index is 12.9. The Labute approximate surface area is 384 Å². The number of pyridine rings is 4. The molecule has 0 aliphatic carbocycles. The van der Waals surface area contributed by atoms with E-state index in [1.54, 1.807) is 98.1 Å². The molecule has 8 aromatic rings. The Bertz CT molecular complexity index is 2600. The van der Waals surface area contributed by atoms with Crippen LogP contribution in [0.5, 0.6) is 0 Å². The second kappa shape index (κ2) is 32.4. The van der Waals surface area contributed by atoms with Gasteiger partial charge in [0.05, 0.1) is 16.5 Å². The zero-order valence-electron chi connectivity index (χ0n) is 38.5. The van der Waals surface area contributed by atoms with E-state index in [4.69, 9.17) is 5.26 Å². The van der Waals surface area contributed by atoms with Crippen LogP contribution < -0.4 is 0 Å². The Morgan fingerprint density at radius 1 is 0.415 bits per heavy atom. The molecule has 0 aliphatic rings. The van der Waals surface area contributed by atoms with Crippen LogP contribution in [-0.4, -0.2) is 34.6 Å². The van der Waals surface area contributed by atoms with Gasteiger partial charge < -0.3 is 0 Å². The predicted octanol–water partition coefficient (Wildman–Crippen LogP) is 14.8. The second-order valence-corrected chi connectivity index (χ2v) is 14.1. The van der Waals surface area contributed by atoms with Crippen molar-refractivity contribution in [3.05, 3.63) is 212 Å². The summed E-state index contributed by atoms with van der Waals surface area (Å²) in [6, 6.07) is 41.5. The number of aromatic nitrogens is 4. The highest BCUT2D eigenvalue weighted by molar-refractivity contribution is 7.90. The lowest BCUT2D eigenvalue weighted by atomic mass is 10.1. The summed E-state index contributed by atoms with van der Waals surface area (Å²) in [5.41, 5.74) is 8.13. The lowest BCUT2D eigenvalue weighted by Gasteiger charge is -2.02. The third kappa shape index (κ3) is 20.2. The van der Waals surface area contributed by atoms with Crippen LogP contribution in [-0.2, 0) is 9.84 Å². The van der Waals surface area contributed by atoms with E-state index in [0.717, 1.165) is 51.1 Å². The summed E-state index contributed by atoms with van der Waals surface area (Å²) in [4.78, 5) is 16.3. The van der Waals surface area contributed by atoms with Gasteiger partial charge in [0, 0.05) is 61.4 Å². The molecule has 0 fully saturated rings. The quantitative estimate of drug-likeness (QED) is 0.169. The van der Waals surface area contributed by atoms with Gasteiger partial charge in [-0.15, -0.1) is 0 Å². The number of hydrogen-bond donors (Lipinski definition) is 0.